The van der Waals surface area contributed by atoms with Gasteiger partial charge in [0, 0.05) is 25.0 Å². The molecule has 0 aliphatic heterocycles. The van der Waals surface area contributed by atoms with Crippen LogP contribution in [-0.4, -0.2) is 23.7 Å². The lowest BCUT2D eigenvalue weighted by molar-refractivity contribution is -0.140. The Morgan fingerprint density at radius 1 is 1.20 bits per heavy atom. The number of rotatable bonds is 5. The summed E-state index contributed by atoms with van der Waals surface area (Å²) >= 11 is 0. The molecule has 0 aliphatic carbocycles. The van der Waals surface area contributed by atoms with E-state index < -0.39 is 38.5 Å². The normalized spacial score (nSPS) is 12.8. The fraction of sp³-hybridized carbons (Fsp3) is 0.312. The van der Waals surface area contributed by atoms with Crippen molar-refractivity contribution in [2.24, 2.45) is 0 Å². The molecule has 25 heavy (non-hydrogen) atoms. The first-order valence-electron chi connectivity index (χ1n) is 7.31. The molecule has 2 rings (SSSR count). The topological polar surface area (TPSA) is 50.3 Å². The van der Waals surface area contributed by atoms with Gasteiger partial charge in [0.05, 0.1) is 10.5 Å². The minimum absolute atomic E-state index is 0.0629. The maximum Gasteiger partial charge on any atom is 0.419 e. The molecule has 1 aromatic carbocycles. The third-order valence-electron chi connectivity index (χ3n) is 3.49. The largest absolute Gasteiger partial charge is 0.419 e. The summed E-state index contributed by atoms with van der Waals surface area (Å²) in [6.45, 7) is 3.14. The molecule has 9 heteroatoms. The van der Waals surface area contributed by atoms with E-state index in [9.17, 15) is 26.0 Å². The molecular formula is C16H16F4N2O2S. The second kappa shape index (κ2) is 7.09. The summed E-state index contributed by atoms with van der Waals surface area (Å²) in [5, 5.41) is 0. The van der Waals surface area contributed by atoms with Gasteiger partial charge >= 0.3 is 6.18 Å². The Morgan fingerprint density at radius 3 is 2.40 bits per heavy atom. The summed E-state index contributed by atoms with van der Waals surface area (Å²) in [6.07, 6.45) is -1.99. The van der Waals surface area contributed by atoms with E-state index in [1.54, 1.807) is 26.0 Å². The van der Waals surface area contributed by atoms with Crippen molar-refractivity contribution in [2.45, 2.75) is 37.5 Å². The zero-order valence-electron chi connectivity index (χ0n) is 13.5. The number of aromatic nitrogens is 1. The lowest BCUT2D eigenvalue weighted by Crippen LogP contribution is -2.36. The summed E-state index contributed by atoms with van der Waals surface area (Å²) in [4.78, 5) is 3.28. The zero-order valence-corrected chi connectivity index (χ0v) is 14.3. The molecule has 2 aromatic rings. The number of benzene rings is 1. The van der Waals surface area contributed by atoms with Gasteiger partial charge in [-0.2, -0.15) is 17.5 Å². The fourth-order valence-corrected chi connectivity index (χ4v) is 3.89. The van der Waals surface area contributed by atoms with E-state index in [0.29, 0.717) is 17.7 Å². The molecule has 0 fully saturated rings. The van der Waals surface area contributed by atoms with Gasteiger partial charge in [0.1, 0.15) is 5.82 Å². The zero-order chi connectivity index (χ0) is 18.8. The van der Waals surface area contributed by atoms with Crippen molar-refractivity contribution in [3.05, 3.63) is 59.7 Å². The molecule has 0 saturated heterocycles. The van der Waals surface area contributed by atoms with E-state index in [4.69, 9.17) is 0 Å². The maximum absolute atomic E-state index is 13.4. The van der Waals surface area contributed by atoms with Crippen molar-refractivity contribution >= 4 is 10.0 Å². The summed E-state index contributed by atoms with van der Waals surface area (Å²) in [5.41, 5.74) is -1.03. The van der Waals surface area contributed by atoms with Crippen LogP contribution in [-0.2, 0) is 22.7 Å². The van der Waals surface area contributed by atoms with Crippen LogP contribution in [0.15, 0.2) is 47.6 Å². The molecule has 0 saturated carbocycles. The SMILES string of the molecule is CC(C)N(Cc1cccnc1)S(=O)(=O)c1ccc(F)c(C(F)(F)F)c1. The number of alkyl halides is 3. The van der Waals surface area contributed by atoms with Crippen molar-refractivity contribution in [1.82, 2.24) is 9.29 Å². The maximum atomic E-state index is 13.4. The number of pyridine rings is 1. The number of halogens is 4. The van der Waals surface area contributed by atoms with Crippen LogP contribution in [0.5, 0.6) is 0 Å². The first-order valence-corrected chi connectivity index (χ1v) is 8.75. The quantitative estimate of drug-likeness (QED) is 0.745. The molecule has 0 atom stereocenters. The Morgan fingerprint density at radius 2 is 1.88 bits per heavy atom. The molecule has 0 spiro atoms. The molecule has 1 aromatic heterocycles. The van der Waals surface area contributed by atoms with Gasteiger partial charge in [-0.3, -0.25) is 4.98 Å². The van der Waals surface area contributed by atoms with Gasteiger partial charge in [0.15, 0.2) is 0 Å². The van der Waals surface area contributed by atoms with Crippen LogP contribution in [0.25, 0.3) is 0 Å². The van der Waals surface area contributed by atoms with Gasteiger partial charge in [0.25, 0.3) is 0 Å². The van der Waals surface area contributed by atoms with Crippen LogP contribution >= 0.6 is 0 Å². The average Bonchev–Trinajstić information content (AvgIpc) is 2.52. The van der Waals surface area contributed by atoms with E-state index in [-0.39, 0.29) is 6.54 Å². The number of sulfonamides is 1. The van der Waals surface area contributed by atoms with Gasteiger partial charge < -0.3 is 0 Å². The first kappa shape index (κ1) is 19.3. The summed E-state index contributed by atoms with van der Waals surface area (Å²) in [5.74, 6) is -1.52. The van der Waals surface area contributed by atoms with E-state index in [1.165, 1.54) is 12.4 Å². The van der Waals surface area contributed by atoms with Crippen LogP contribution in [0, 0.1) is 5.82 Å². The van der Waals surface area contributed by atoms with Crippen LogP contribution in [0.1, 0.15) is 25.0 Å². The predicted molar refractivity (Wildman–Crippen MR) is 83.5 cm³/mol. The van der Waals surface area contributed by atoms with Crippen molar-refractivity contribution in [3.63, 3.8) is 0 Å². The van der Waals surface area contributed by atoms with E-state index in [0.717, 1.165) is 10.4 Å². The van der Waals surface area contributed by atoms with Crippen LogP contribution in [0.2, 0.25) is 0 Å². The van der Waals surface area contributed by atoms with Gasteiger partial charge in [-0.05, 0) is 43.7 Å². The van der Waals surface area contributed by atoms with Crippen molar-refractivity contribution in [1.29, 1.82) is 0 Å². The Bertz CT molecular complexity index is 837. The molecule has 0 amide bonds. The highest BCUT2D eigenvalue weighted by atomic mass is 32.2. The van der Waals surface area contributed by atoms with E-state index in [2.05, 4.69) is 4.98 Å². The minimum atomic E-state index is -4.98. The fourth-order valence-electron chi connectivity index (χ4n) is 2.23. The van der Waals surface area contributed by atoms with Gasteiger partial charge in [-0.25, -0.2) is 12.8 Å². The number of hydrogen-bond donors (Lipinski definition) is 0. The summed E-state index contributed by atoms with van der Waals surface area (Å²) < 4.78 is 78.6. The second-order valence-corrected chi connectivity index (χ2v) is 7.54. The Balaban J connectivity index is 2.47. The molecule has 1 heterocycles. The van der Waals surface area contributed by atoms with Crippen LogP contribution < -0.4 is 0 Å². The van der Waals surface area contributed by atoms with Gasteiger partial charge in [-0.1, -0.05) is 6.07 Å². The molecule has 136 valence electrons. The monoisotopic (exact) mass is 376 g/mol. The van der Waals surface area contributed by atoms with Crippen molar-refractivity contribution in [2.75, 3.05) is 0 Å². The first-order chi connectivity index (χ1) is 11.5. The minimum Gasteiger partial charge on any atom is -0.264 e. The standard InChI is InChI=1S/C16H16F4N2O2S/c1-11(2)22(10-12-4-3-7-21-9-12)25(23,24)13-5-6-15(17)14(8-13)16(18,19)20/h3-9,11H,10H2,1-2H3. The molecule has 4 nitrogen and oxygen atoms in total. The van der Waals surface area contributed by atoms with Crippen molar-refractivity contribution < 1.29 is 26.0 Å². The van der Waals surface area contributed by atoms with Gasteiger partial charge in [-0.15, -0.1) is 0 Å². The lowest BCUT2D eigenvalue weighted by Gasteiger charge is -2.26. The summed E-state index contributed by atoms with van der Waals surface area (Å²) in [6, 6.07) is 4.42. The predicted octanol–water partition coefficient (Wildman–Crippen LogP) is 3.84. The molecule has 0 unspecified atom stereocenters. The Labute approximate surface area is 143 Å². The highest BCUT2D eigenvalue weighted by molar-refractivity contribution is 7.89. The Kier molecular flexibility index (Phi) is 5.48. The van der Waals surface area contributed by atoms with Gasteiger partial charge in [0.2, 0.25) is 10.0 Å². The molecule has 0 bridgehead atoms. The number of hydrogen-bond acceptors (Lipinski definition) is 3. The Hall–Kier alpha value is -2.00. The van der Waals surface area contributed by atoms with Crippen molar-refractivity contribution in [3.8, 4) is 0 Å². The lowest BCUT2D eigenvalue weighted by atomic mass is 10.2. The smallest absolute Gasteiger partial charge is 0.264 e. The second-order valence-electron chi connectivity index (χ2n) is 5.64. The third kappa shape index (κ3) is 4.35. The number of nitrogens with zero attached hydrogens (tertiary/aromatic N) is 2. The third-order valence-corrected chi connectivity index (χ3v) is 5.50. The van der Waals surface area contributed by atoms with E-state index in [1.807, 2.05) is 0 Å². The molecule has 0 aliphatic rings. The van der Waals surface area contributed by atoms with Crippen LogP contribution in [0.3, 0.4) is 0 Å². The average molecular weight is 376 g/mol. The van der Waals surface area contributed by atoms with E-state index >= 15 is 0 Å². The highest BCUT2D eigenvalue weighted by Crippen LogP contribution is 2.33. The highest BCUT2D eigenvalue weighted by Gasteiger charge is 2.36. The molecule has 0 N–H and O–H groups in total. The molecular weight excluding hydrogens is 360 g/mol. The van der Waals surface area contributed by atoms with Crippen LogP contribution in [0.4, 0.5) is 17.6 Å². The molecule has 0 radical (unpaired) electrons. The summed E-state index contributed by atoms with van der Waals surface area (Å²) in [7, 11) is -4.26.